The van der Waals surface area contributed by atoms with E-state index in [0.717, 1.165) is 63.8 Å². The second-order valence-electron chi connectivity index (χ2n) is 10.2. The molecule has 0 aliphatic carbocycles. The molecule has 3 N–H and O–H groups in total. The van der Waals surface area contributed by atoms with E-state index in [4.69, 9.17) is 10.7 Å². The van der Waals surface area contributed by atoms with Gasteiger partial charge >= 0.3 is 0 Å². The number of hydrogen-bond acceptors (Lipinski definition) is 6. The largest absolute Gasteiger partial charge is 0.342 e. The highest BCUT2D eigenvalue weighted by Crippen LogP contribution is 2.27. The first-order valence-corrected chi connectivity index (χ1v) is 11.2. The van der Waals surface area contributed by atoms with E-state index in [2.05, 4.69) is 54.6 Å². The molecule has 0 aromatic carbocycles. The molecule has 30 heavy (non-hydrogen) atoms. The lowest BCUT2D eigenvalue weighted by Crippen LogP contribution is -2.43. The summed E-state index contributed by atoms with van der Waals surface area (Å²) in [6.45, 7) is 16.4. The minimum atomic E-state index is -0.163. The number of likely N-dealkylation sites (tertiary alicyclic amines) is 1. The summed E-state index contributed by atoms with van der Waals surface area (Å²) >= 11 is 0. The summed E-state index contributed by atoms with van der Waals surface area (Å²) in [4.78, 5) is 22.8. The van der Waals surface area contributed by atoms with Crippen molar-refractivity contribution < 1.29 is 0 Å². The summed E-state index contributed by atoms with van der Waals surface area (Å²) < 4.78 is 1.67. The number of hydrogen-bond donors (Lipinski definition) is 2. The van der Waals surface area contributed by atoms with Crippen molar-refractivity contribution in [3.8, 4) is 0 Å². The number of piperidine rings is 1. The Labute approximate surface area is 179 Å². The van der Waals surface area contributed by atoms with Crippen molar-refractivity contribution >= 4 is 17.0 Å². The Balaban J connectivity index is 1.94. The van der Waals surface area contributed by atoms with Gasteiger partial charge in [0.15, 0.2) is 5.52 Å². The zero-order valence-corrected chi connectivity index (χ0v) is 19.5. The maximum Gasteiger partial charge on any atom is 0.283 e. The Bertz CT molecular complexity index is 901. The van der Waals surface area contributed by atoms with E-state index in [0.29, 0.717) is 22.9 Å². The first kappa shape index (κ1) is 22.7. The summed E-state index contributed by atoms with van der Waals surface area (Å²) in [7, 11) is 1.81. The van der Waals surface area contributed by atoms with E-state index in [1.807, 2.05) is 7.05 Å². The number of H-pyrrole nitrogens is 1. The number of aromatic amines is 1. The Morgan fingerprint density at radius 2 is 1.90 bits per heavy atom. The molecule has 1 aliphatic rings. The summed E-state index contributed by atoms with van der Waals surface area (Å²) in [5, 5.41) is 7.36. The van der Waals surface area contributed by atoms with E-state index in [1.165, 1.54) is 0 Å². The van der Waals surface area contributed by atoms with Crippen LogP contribution in [-0.2, 0) is 12.5 Å². The minimum absolute atomic E-state index is 0.0896. The monoisotopic (exact) mass is 417 g/mol. The first-order valence-electron chi connectivity index (χ1n) is 11.2. The van der Waals surface area contributed by atoms with Gasteiger partial charge in [-0.15, -0.1) is 0 Å². The van der Waals surface area contributed by atoms with E-state index < -0.39 is 0 Å². The molecule has 2 aromatic rings. The van der Waals surface area contributed by atoms with Crippen LogP contribution in [0.1, 0.15) is 53.2 Å². The lowest BCUT2D eigenvalue weighted by atomic mass is 9.91. The number of anilines is 1. The highest BCUT2D eigenvalue weighted by Gasteiger charge is 2.27. The zero-order valence-electron chi connectivity index (χ0n) is 19.5. The zero-order chi connectivity index (χ0) is 22.1. The van der Waals surface area contributed by atoms with Crippen molar-refractivity contribution in [2.45, 2.75) is 52.9 Å². The molecule has 0 atom stereocenters. The normalized spacial score (nSPS) is 16.7. The summed E-state index contributed by atoms with van der Waals surface area (Å²) in [5.74, 6) is 1.82. The molecule has 1 saturated heterocycles. The van der Waals surface area contributed by atoms with Crippen LogP contribution >= 0.6 is 0 Å². The van der Waals surface area contributed by atoms with Gasteiger partial charge in [-0.1, -0.05) is 34.6 Å². The summed E-state index contributed by atoms with van der Waals surface area (Å²) in [5.41, 5.74) is 7.50. The molecule has 1 fully saturated rings. The number of rotatable bonds is 7. The lowest BCUT2D eigenvalue weighted by Gasteiger charge is -2.36. The van der Waals surface area contributed by atoms with Crippen molar-refractivity contribution in [2.75, 3.05) is 44.2 Å². The van der Waals surface area contributed by atoms with E-state index in [1.54, 1.807) is 4.57 Å². The molecule has 0 spiro atoms. The third kappa shape index (κ3) is 4.86. The molecule has 0 saturated carbocycles. The van der Waals surface area contributed by atoms with Crippen molar-refractivity contribution in [1.29, 1.82) is 0 Å². The van der Waals surface area contributed by atoms with E-state index in [9.17, 15) is 4.79 Å². The van der Waals surface area contributed by atoms with Gasteiger partial charge < -0.3 is 15.5 Å². The molecule has 0 amide bonds. The maximum atomic E-state index is 13.1. The molecule has 0 radical (unpaired) electrons. The van der Waals surface area contributed by atoms with Gasteiger partial charge in [0.1, 0.15) is 5.52 Å². The van der Waals surface area contributed by atoms with Crippen molar-refractivity contribution in [2.24, 2.45) is 24.6 Å². The smallest absolute Gasteiger partial charge is 0.283 e. The SMILES string of the molecule is CC(C)CN(CC1CCN(CCN)CC1)c1nc2c(C(C)(C)C)[nH]nc2c(=O)n1C. The molecule has 0 unspecified atom stereocenters. The Morgan fingerprint density at radius 3 is 2.47 bits per heavy atom. The average Bonchev–Trinajstić information content (AvgIpc) is 3.10. The van der Waals surface area contributed by atoms with Crippen molar-refractivity contribution in [3.63, 3.8) is 0 Å². The topological polar surface area (TPSA) is 96.1 Å². The molecule has 0 bridgehead atoms. The van der Waals surface area contributed by atoms with Gasteiger partial charge in [0.05, 0.1) is 5.69 Å². The number of fused-ring (bicyclic) bond motifs is 1. The van der Waals surface area contributed by atoms with Crippen molar-refractivity contribution in [1.82, 2.24) is 24.6 Å². The van der Waals surface area contributed by atoms with Crippen LogP contribution in [0.2, 0.25) is 0 Å². The number of nitrogens with zero attached hydrogens (tertiary/aromatic N) is 5. The highest BCUT2D eigenvalue weighted by atomic mass is 16.1. The average molecular weight is 418 g/mol. The van der Waals surface area contributed by atoms with Gasteiger partial charge in [-0.05, 0) is 37.8 Å². The molecule has 3 heterocycles. The number of nitrogens with one attached hydrogen (secondary N) is 1. The van der Waals surface area contributed by atoms with Crippen molar-refractivity contribution in [3.05, 3.63) is 16.0 Å². The molecule has 3 rings (SSSR count). The van der Waals surface area contributed by atoms with Crippen LogP contribution in [0.3, 0.4) is 0 Å². The predicted molar refractivity (Wildman–Crippen MR) is 123 cm³/mol. The second kappa shape index (κ2) is 9.06. The van der Waals surface area contributed by atoms with Crippen LogP contribution in [-0.4, -0.2) is 63.9 Å². The second-order valence-corrected chi connectivity index (χ2v) is 10.2. The standard InChI is InChI=1S/C22H39N7O/c1-15(2)13-29(14-16-7-10-28(11-8-16)12-9-23)21-24-17-18(20(30)27(21)6)25-26-19(17)22(3,4)5/h15-16H,7-14,23H2,1-6H3,(H,25,26). The molecule has 8 nitrogen and oxygen atoms in total. The Hall–Kier alpha value is -1.93. The van der Waals surface area contributed by atoms with E-state index in [-0.39, 0.29) is 11.0 Å². The number of nitrogens with two attached hydrogens (primary N) is 1. The maximum absolute atomic E-state index is 13.1. The fourth-order valence-electron chi connectivity index (χ4n) is 4.39. The quantitative estimate of drug-likeness (QED) is 0.716. The van der Waals surface area contributed by atoms with Gasteiger partial charge in [0.25, 0.3) is 5.56 Å². The van der Waals surface area contributed by atoms with Crippen LogP contribution in [0.25, 0.3) is 11.0 Å². The molecule has 8 heteroatoms. The molecule has 1 aliphatic heterocycles. The van der Waals surface area contributed by atoms with Gasteiger partial charge in [0.2, 0.25) is 5.95 Å². The van der Waals surface area contributed by atoms with Gasteiger partial charge in [-0.25, -0.2) is 4.98 Å². The Kier molecular flexibility index (Phi) is 6.87. The molecular weight excluding hydrogens is 378 g/mol. The highest BCUT2D eigenvalue weighted by molar-refractivity contribution is 5.78. The van der Waals surface area contributed by atoms with E-state index >= 15 is 0 Å². The lowest BCUT2D eigenvalue weighted by molar-refractivity contribution is 0.190. The fraction of sp³-hybridized carbons (Fsp3) is 0.773. The van der Waals surface area contributed by atoms with Gasteiger partial charge in [-0.2, -0.15) is 5.10 Å². The molecular formula is C22H39N7O. The first-order chi connectivity index (χ1) is 14.1. The van der Waals surface area contributed by atoms with Crippen LogP contribution in [0.4, 0.5) is 5.95 Å². The summed E-state index contributed by atoms with van der Waals surface area (Å²) in [6, 6.07) is 0. The van der Waals surface area contributed by atoms with Crippen LogP contribution in [0.15, 0.2) is 4.79 Å². The third-order valence-corrected chi connectivity index (χ3v) is 6.01. The van der Waals surface area contributed by atoms with Crippen LogP contribution < -0.4 is 16.2 Å². The van der Waals surface area contributed by atoms with Gasteiger partial charge in [0, 0.05) is 38.6 Å². The van der Waals surface area contributed by atoms with Crippen LogP contribution in [0.5, 0.6) is 0 Å². The number of aromatic nitrogens is 4. The molecule has 168 valence electrons. The summed E-state index contributed by atoms with van der Waals surface area (Å²) in [6.07, 6.45) is 2.31. The van der Waals surface area contributed by atoms with Gasteiger partial charge in [-0.3, -0.25) is 14.5 Å². The molecule has 2 aromatic heterocycles. The minimum Gasteiger partial charge on any atom is -0.342 e. The Morgan fingerprint density at radius 1 is 1.23 bits per heavy atom. The fourth-order valence-corrected chi connectivity index (χ4v) is 4.39. The third-order valence-electron chi connectivity index (χ3n) is 6.01. The predicted octanol–water partition coefficient (Wildman–Crippen LogP) is 2.09. The van der Waals surface area contributed by atoms with Crippen LogP contribution in [0, 0.1) is 11.8 Å².